The first-order valence-electron chi connectivity index (χ1n) is 3.42. The zero-order valence-electron chi connectivity index (χ0n) is 5.76. The third-order valence-corrected chi connectivity index (χ3v) is 1.53. The fourth-order valence-electron chi connectivity index (χ4n) is 1.08. The Hall–Kier alpha value is -0.830. The number of piperidine rings is 1. The summed E-state index contributed by atoms with van der Waals surface area (Å²) in [4.78, 5) is 10.2. The van der Waals surface area contributed by atoms with Crippen LogP contribution in [0.2, 0.25) is 0 Å². The minimum Gasteiger partial charge on any atom is -0.478 e. The van der Waals surface area contributed by atoms with Crippen LogP contribution in [0.5, 0.6) is 0 Å². The van der Waals surface area contributed by atoms with Gasteiger partial charge in [0.25, 0.3) is 0 Å². The second-order valence-corrected chi connectivity index (χ2v) is 2.42. The SMILES string of the molecule is O=C(O)C=C1CCCNC1. The molecule has 10 heavy (non-hydrogen) atoms. The normalized spacial score (nSPS) is 23.0. The van der Waals surface area contributed by atoms with Gasteiger partial charge in [-0.1, -0.05) is 0 Å². The Balaban J connectivity index is 2.45. The summed E-state index contributed by atoms with van der Waals surface area (Å²) in [6.07, 6.45) is 3.28. The molecule has 0 unspecified atom stereocenters. The standard InChI is InChI=1S/C7H11NO2/c9-7(10)4-6-2-1-3-8-5-6/h4,8H,1-3,5H2,(H,9,10). The van der Waals surface area contributed by atoms with Crippen molar-refractivity contribution >= 4 is 5.97 Å². The Morgan fingerprint density at radius 3 is 3.00 bits per heavy atom. The Morgan fingerprint density at radius 2 is 2.50 bits per heavy atom. The Labute approximate surface area is 59.7 Å². The summed E-state index contributed by atoms with van der Waals surface area (Å²) in [5.41, 5.74) is 0.999. The lowest BCUT2D eigenvalue weighted by Gasteiger charge is -2.13. The number of rotatable bonds is 1. The van der Waals surface area contributed by atoms with Gasteiger partial charge in [0.05, 0.1) is 0 Å². The fourth-order valence-corrected chi connectivity index (χ4v) is 1.08. The molecule has 0 amide bonds. The Morgan fingerprint density at radius 1 is 1.70 bits per heavy atom. The monoisotopic (exact) mass is 141 g/mol. The molecular formula is C7H11NO2. The van der Waals surface area contributed by atoms with Crippen molar-refractivity contribution in [3.8, 4) is 0 Å². The van der Waals surface area contributed by atoms with E-state index in [0.29, 0.717) is 0 Å². The van der Waals surface area contributed by atoms with Crippen LogP contribution in [0.4, 0.5) is 0 Å². The summed E-state index contributed by atoms with van der Waals surface area (Å²) in [7, 11) is 0. The van der Waals surface area contributed by atoms with E-state index in [-0.39, 0.29) is 0 Å². The summed E-state index contributed by atoms with van der Waals surface area (Å²) in [6, 6.07) is 0. The minimum atomic E-state index is -0.835. The number of hydrogen-bond donors (Lipinski definition) is 2. The highest BCUT2D eigenvalue weighted by Crippen LogP contribution is 2.07. The van der Waals surface area contributed by atoms with Crippen LogP contribution >= 0.6 is 0 Å². The van der Waals surface area contributed by atoms with Gasteiger partial charge >= 0.3 is 5.97 Å². The van der Waals surface area contributed by atoms with Gasteiger partial charge in [-0.2, -0.15) is 0 Å². The average molecular weight is 141 g/mol. The van der Waals surface area contributed by atoms with E-state index in [2.05, 4.69) is 5.32 Å². The number of carboxylic acids is 1. The molecule has 3 nitrogen and oxygen atoms in total. The molecule has 2 N–H and O–H groups in total. The summed E-state index contributed by atoms with van der Waals surface area (Å²) in [5.74, 6) is -0.835. The van der Waals surface area contributed by atoms with E-state index in [1.807, 2.05) is 0 Å². The molecule has 1 saturated heterocycles. The summed E-state index contributed by atoms with van der Waals surface area (Å²) < 4.78 is 0. The lowest BCUT2D eigenvalue weighted by molar-refractivity contribution is -0.131. The van der Waals surface area contributed by atoms with Gasteiger partial charge in [0, 0.05) is 12.6 Å². The van der Waals surface area contributed by atoms with E-state index in [4.69, 9.17) is 5.11 Å². The van der Waals surface area contributed by atoms with E-state index in [1.54, 1.807) is 0 Å². The van der Waals surface area contributed by atoms with Crippen molar-refractivity contribution in [1.29, 1.82) is 0 Å². The molecule has 1 heterocycles. The number of nitrogens with one attached hydrogen (secondary N) is 1. The molecule has 0 spiro atoms. The van der Waals surface area contributed by atoms with Gasteiger partial charge in [0.2, 0.25) is 0 Å². The van der Waals surface area contributed by atoms with E-state index >= 15 is 0 Å². The van der Waals surface area contributed by atoms with E-state index < -0.39 is 5.97 Å². The molecule has 0 aromatic carbocycles. The first kappa shape index (κ1) is 7.28. The van der Waals surface area contributed by atoms with Crippen molar-refractivity contribution in [3.05, 3.63) is 11.6 Å². The summed E-state index contributed by atoms with van der Waals surface area (Å²) in [5, 5.41) is 11.5. The topological polar surface area (TPSA) is 49.3 Å². The van der Waals surface area contributed by atoms with E-state index in [9.17, 15) is 4.79 Å². The molecule has 0 bridgehead atoms. The van der Waals surface area contributed by atoms with Crippen molar-refractivity contribution in [2.75, 3.05) is 13.1 Å². The van der Waals surface area contributed by atoms with Crippen LogP contribution in [0.3, 0.4) is 0 Å². The van der Waals surface area contributed by atoms with E-state index in [0.717, 1.165) is 31.5 Å². The number of aliphatic carboxylic acids is 1. The second-order valence-electron chi connectivity index (χ2n) is 2.42. The maximum absolute atomic E-state index is 10.2. The van der Waals surface area contributed by atoms with Crippen molar-refractivity contribution in [3.63, 3.8) is 0 Å². The molecule has 0 aromatic rings. The Kier molecular flexibility index (Phi) is 2.45. The second kappa shape index (κ2) is 3.37. The summed E-state index contributed by atoms with van der Waals surface area (Å²) in [6.45, 7) is 1.75. The zero-order chi connectivity index (χ0) is 7.40. The van der Waals surface area contributed by atoms with Crippen LogP contribution in [-0.4, -0.2) is 24.2 Å². The number of carboxylic acid groups (broad SMARTS) is 1. The molecule has 0 saturated carbocycles. The van der Waals surface area contributed by atoms with Gasteiger partial charge in [-0.25, -0.2) is 4.79 Å². The first-order valence-corrected chi connectivity index (χ1v) is 3.42. The predicted molar refractivity (Wildman–Crippen MR) is 37.8 cm³/mol. The molecule has 3 heteroatoms. The van der Waals surface area contributed by atoms with Crippen LogP contribution in [0.15, 0.2) is 11.6 Å². The van der Waals surface area contributed by atoms with Crippen molar-refractivity contribution < 1.29 is 9.90 Å². The third kappa shape index (κ3) is 2.19. The maximum atomic E-state index is 10.2. The minimum absolute atomic E-state index is 0.742. The van der Waals surface area contributed by atoms with Crippen LogP contribution in [0, 0.1) is 0 Å². The van der Waals surface area contributed by atoms with Gasteiger partial charge in [0.15, 0.2) is 0 Å². The highest BCUT2D eigenvalue weighted by molar-refractivity contribution is 5.80. The van der Waals surface area contributed by atoms with Crippen molar-refractivity contribution in [2.24, 2.45) is 0 Å². The van der Waals surface area contributed by atoms with Crippen molar-refractivity contribution in [1.82, 2.24) is 5.32 Å². The van der Waals surface area contributed by atoms with Crippen LogP contribution in [0.25, 0.3) is 0 Å². The zero-order valence-corrected chi connectivity index (χ0v) is 5.76. The smallest absolute Gasteiger partial charge is 0.328 e. The largest absolute Gasteiger partial charge is 0.478 e. The molecule has 1 rings (SSSR count). The first-order chi connectivity index (χ1) is 4.79. The van der Waals surface area contributed by atoms with Gasteiger partial charge in [-0.15, -0.1) is 0 Å². The fraction of sp³-hybridized carbons (Fsp3) is 0.571. The average Bonchev–Trinajstić information content (AvgIpc) is 1.88. The van der Waals surface area contributed by atoms with Gasteiger partial charge in [0.1, 0.15) is 0 Å². The number of hydrogen-bond acceptors (Lipinski definition) is 2. The lowest BCUT2D eigenvalue weighted by atomic mass is 10.1. The highest BCUT2D eigenvalue weighted by Gasteiger charge is 2.04. The van der Waals surface area contributed by atoms with Crippen LogP contribution in [0.1, 0.15) is 12.8 Å². The quantitative estimate of drug-likeness (QED) is 0.519. The molecule has 1 aliphatic rings. The maximum Gasteiger partial charge on any atom is 0.328 e. The third-order valence-electron chi connectivity index (χ3n) is 1.53. The predicted octanol–water partition coefficient (Wildman–Crippen LogP) is 0.381. The van der Waals surface area contributed by atoms with Gasteiger partial charge < -0.3 is 10.4 Å². The molecule has 0 atom stereocenters. The van der Waals surface area contributed by atoms with Crippen LogP contribution < -0.4 is 5.32 Å². The van der Waals surface area contributed by atoms with E-state index in [1.165, 1.54) is 6.08 Å². The lowest BCUT2D eigenvalue weighted by Crippen LogP contribution is -2.24. The van der Waals surface area contributed by atoms with Gasteiger partial charge in [-0.05, 0) is 25.0 Å². The highest BCUT2D eigenvalue weighted by atomic mass is 16.4. The number of carbonyl (C=O) groups is 1. The molecule has 0 aromatic heterocycles. The van der Waals surface area contributed by atoms with Gasteiger partial charge in [-0.3, -0.25) is 0 Å². The molecule has 56 valence electrons. The molecule has 1 fully saturated rings. The molecule has 0 radical (unpaired) electrons. The van der Waals surface area contributed by atoms with Crippen molar-refractivity contribution in [2.45, 2.75) is 12.8 Å². The molecular weight excluding hydrogens is 130 g/mol. The molecule has 0 aliphatic carbocycles. The molecule has 1 aliphatic heterocycles. The Bertz CT molecular complexity index is 155. The summed E-state index contributed by atoms with van der Waals surface area (Å²) >= 11 is 0. The van der Waals surface area contributed by atoms with Crippen LogP contribution in [-0.2, 0) is 4.79 Å².